The van der Waals surface area contributed by atoms with E-state index in [0.29, 0.717) is 17.5 Å². The zero-order valence-corrected chi connectivity index (χ0v) is 11.9. The first-order valence-corrected chi connectivity index (χ1v) is 7.70. The van der Waals surface area contributed by atoms with Crippen molar-refractivity contribution in [3.8, 4) is 0 Å². The van der Waals surface area contributed by atoms with E-state index < -0.39 is 5.97 Å². The molecule has 0 spiro atoms. The van der Waals surface area contributed by atoms with Gasteiger partial charge in [-0.1, -0.05) is 12.5 Å². The van der Waals surface area contributed by atoms with Gasteiger partial charge in [0, 0.05) is 17.5 Å². The Morgan fingerprint density at radius 1 is 1.35 bits per heavy atom. The van der Waals surface area contributed by atoms with Gasteiger partial charge in [0.2, 0.25) is 0 Å². The Hall–Kier alpha value is -1.69. The first kappa shape index (κ1) is 14.7. The molecule has 20 heavy (non-hydrogen) atoms. The molecule has 1 heterocycles. The van der Waals surface area contributed by atoms with E-state index in [1.807, 2.05) is 11.8 Å². The lowest BCUT2D eigenvalue weighted by atomic mass is 10.2. The average molecular weight is 294 g/mol. The summed E-state index contributed by atoms with van der Waals surface area (Å²) >= 11 is 1.90. The van der Waals surface area contributed by atoms with Crippen LogP contribution in [0.2, 0.25) is 0 Å². The number of benzene rings is 1. The van der Waals surface area contributed by atoms with E-state index in [1.54, 1.807) is 12.1 Å². The fourth-order valence-corrected chi connectivity index (χ4v) is 3.32. The summed E-state index contributed by atoms with van der Waals surface area (Å²) in [6, 6.07) is 5.91. The molecule has 2 rings (SSSR count). The van der Waals surface area contributed by atoms with Crippen LogP contribution in [0.1, 0.15) is 29.6 Å². The molecule has 108 valence electrons. The van der Waals surface area contributed by atoms with Gasteiger partial charge in [-0.2, -0.15) is 11.8 Å². The van der Waals surface area contributed by atoms with Gasteiger partial charge in [0.05, 0.1) is 5.56 Å². The fraction of sp³-hybridized carbons (Fsp3) is 0.429. The first-order chi connectivity index (χ1) is 9.65. The lowest BCUT2D eigenvalue weighted by Gasteiger charge is -2.21. The lowest BCUT2D eigenvalue weighted by molar-refractivity contribution is 0.0697. The van der Waals surface area contributed by atoms with Gasteiger partial charge in [-0.05, 0) is 36.8 Å². The van der Waals surface area contributed by atoms with Crippen LogP contribution >= 0.6 is 11.8 Å². The summed E-state index contributed by atoms with van der Waals surface area (Å²) in [6.45, 7) is 0.648. The van der Waals surface area contributed by atoms with E-state index in [9.17, 15) is 9.59 Å². The topological polar surface area (TPSA) is 78.4 Å². The fourth-order valence-electron chi connectivity index (χ4n) is 2.08. The van der Waals surface area contributed by atoms with Crippen molar-refractivity contribution in [1.82, 2.24) is 5.32 Å². The van der Waals surface area contributed by atoms with Gasteiger partial charge in [-0.3, -0.25) is 0 Å². The highest BCUT2D eigenvalue weighted by Crippen LogP contribution is 2.24. The van der Waals surface area contributed by atoms with Crippen LogP contribution in [0, 0.1) is 0 Å². The molecule has 0 aliphatic carbocycles. The lowest BCUT2D eigenvalue weighted by Crippen LogP contribution is -2.35. The zero-order valence-electron chi connectivity index (χ0n) is 11.1. The Morgan fingerprint density at radius 3 is 2.90 bits per heavy atom. The van der Waals surface area contributed by atoms with Crippen LogP contribution in [0.5, 0.6) is 0 Å². The van der Waals surface area contributed by atoms with Gasteiger partial charge in [0.15, 0.2) is 0 Å². The van der Waals surface area contributed by atoms with Crippen LogP contribution in [0.25, 0.3) is 0 Å². The number of nitrogens with one attached hydrogen (secondary N) is 2. The molecule has 6 heteroatoms. The second kappa shape index (κ2) is 7.19. The van der Waals surface area contributed by atoms with Crippen molar-refractivity contribution < 1.29 is 14.7 Å². The van der Waals surface area contributed by atoms with Crippen LogP contribution in [0.15, 0.2) is 24.3 Å². The van der Waals surface area contributed by atoms with Crippen molar-refractivity contribution in [2.45, 2.75) is 24.5 Å². The number of hydrogen-bond acceptors (Lipinski definition) is 3. The molecule has 1 aliphatic rings. The van der Waals surface area contributed by atoms with Gasteiger partial charge in [0.1, 0.15) is 0 Å². The molecule has 0 bridgehead atoms. The summed E-state index contributed by atoms with van der Waals surface area (Å²) in [5.74, 6) is 0.155. The highest BCUT2D eigenvalue weighted by atomic mass is 32.2. The Bertz CT molecular complexity index is 487. The normalized spacial score (nSPS) is 18.3. The van der Waals surface area contributed by atoms with Crippen LogP contribution in [-0.4, -0.2) is 34.7 Å². The summed E-state index contributed by atoms with van der Waals surface area (Å²) in [5.41, 5.74) is 0.643. The molecule has 2 amide bonds. The molecule has 1 fully saturated rings. The monoisotopic (exact) mass is 294 g/mol. The number of rotatable bonds is 4. The Labute approximate surface area is 122 Å². The molecule has 0 radical (unpaired) electrons. The highest BCUT2D eigenvalue weighted by molar-refractivity contribution is 7.99. The first-order valence-electron chi connectivity index (χ1n) is 6.65. The number of urea groups is 1. The van der Waals surface area contributed by atoms with E-state index in [4.69, 9.17) is 5.11 Å². The summed E-state index contributed by atoms with van der Waals surface area (Å²) in [4.78, 5) is 22.6. The second-order valence-corrected chi connectivity index (χ2v) is 6.12. The number of amides is 2. The predicted octanol–water partition coefficient (Wildman–Crippen LogP) is 2.79. The molecule has 0 saturated carbocycles. The number of aromatic carboxylic acids is 1. The van der Waals surface area contributed by atoms with E-state index in [2.05, 4.69) is 10.6 Å². The van der Waals surface area contributed by atoms with Crippen LogP contribution < -0.4 is 10.6 Å². The van der Waals surface area contributed by atoms with Gasteiger partial charge in [-0.25, -0.2) is 9.59 Å². The quantitative estimate of drug-likeness (QED) is 0.798. The predicted molar refractivity (Wildman–Crippen MR) is 80.5 cm³/mol. The third kappa shape index (κ3) is 4.45. The third-order valence-corrected chi connectivity index (χ3v) is 4.53. The second-order valence-electron chi connectivity index (χ2n) is 4.71. The molecule has 1 unspecified atom stereocenters. The maximum absolute atomic E-state index is 11.8. The van der Waals surface area contributed by atoms with E-state index in [1.165, 1.54) is 25.0 Å². The molecule has 5 nitrogen and oxygen atoms in total. The highest BCUT2D eigenvalue weighted by Gasteiger charge is 2.14. The van der Waals surface area contributed by atoms with Crippen LogP contribution in [0.3, 0.4) is 0 Å². The minimum absolute atomic E-state index is 0.158. The number of anilines is 1. The van der Waals surface area contributed by atoms with E-state index >= 15 is 0 Å². The third-order valence-electron chi connectivity index (χ3n) is 3.13. The number of hydrogen-bond donors (Lipinski definition) is 3. The minimum Gasteiger partial charge on any atom is -0.478 e. The molecule has 1 atom stereocenters. The molecular formula is C14H18N2O3S. The van der Waals surface area contributed by atoms with Crippen molar-refractivity contribution in [3.63, 3.8) is 0 Å². The number of carbonyl (C=O) groups excluding carboxylic acids is 1. The number of carboxylic acid groups (broad SMARTS) is 1. The average Bonchev–Trinajstić information content (AvgIpc) is 2.46. The molecule has 0 aromatic heterocycles. The molecule has 1 aromatic rings. The van der Waals surface area contributed by atoms with E-state index in [-0.39, 0.29) is 11.6 Å². The minimum atomic E-state index is -1.01. The largest absolute Gasteiger partial charge is 0.478 e. The summed E-state index contributed by atoms with van der Waals surface area (Å²) in [5, 5.41) is 14.9. The summed E-state index contributed by atoms with van der Waals surface area (Å²) < 4.78 is 0. The van der Waals surface area contributed by atoms with Gasteiger partial charge < -0.3 is 15.7 Å². The summed E-state index contributed by atoms with van der Waals surface area (Å²) in [6.07, 6.45) is 3.62. The SMILES string of the molecule is O=C(NCC1CCCCS1)Nc1cccc(C(=O)O)c1. The van der Waals surface area contributed by atoms with E-state index in [0.717, 1.165) is 12.2 Å². The van der Waals surface area contributed by atoms with Gasteiger partial charge in [0.25, 0.3) is 0 Å². The molecule has 3 N–H and O–H groups in total. The Balaban J connectivity index is 1.81. The summed E-state index contributed by atoms with van der Waals surface area (Å²) in [7, 11) is 0. The zero-order chi connectivity index (χ0) is 14.4. The maximum atomic E-state index is 11.8. The molecule has 1 saturated heterocycles. The van der Waals surface area contributed by atoms with Crippen molar-refractivity contribution in [1.29, 1.82) is 0 Å². The standard InChI is InChI=1S/C14H18N2O3S/c17-13(18)10-4-3-5-11(8-10)16-14(19)15-9-12-6-1-2-7-20-12/h3-5,8,12H,1-2,6-7,9H2,(H,17,18)(H2,15,16,19). The Morgan fingerprint density at radius 2 is 2.20 bits per heavy atom. The Kier molecular flexibility index (Phi) is 5.29. The smallest absolute Gasteiger partial charge is 0.335 e. The van der Waals surface area contributed by atoms with Crippen molar-refractivity contribution in [2.24, 2.45) is 0 Å². The number of carboxylic acids is 1. The van der Waals surface area contributed by atoms with Gasteiger partial charge in [-0.15, -0.1) is 0 Å². The van der Waals surface area contributed by atoms with Crippen molar-refractivity contribution in [2.75, 3.05) is 17.6 Å². The van der Waals surface area contributed by atoms with Crippen molar-refractivity contribution in [3.05, 3.63) is 29.8 Å². The van der Waals surface area contributed by atoms with Crippen molar-refractivity contribution >= 4 is 29.4 Å². The molecule has 1 aliphatic heterocycles. The van der Waals surface area contributed by atoms with Crippen LogP contribution in [-0.2, 0) is 0 Å². The van der Waals surface area contributed by atoms with Crippen LogP contribution in [0.4, 0.5) is 10.5 Å². The molecular weight excluding hydrogens is 276 g/mol. The molecule has 1 aromatic carbocycles. The van der Waals surface area contributed by atoms with Gasteiger partial charge >= 0.3 is 12.0 Å². The maximum Gasteiger partial charge on any atom is 0.335 e. The number of carbonyl (C=O) groups is 2. The number of thioether (sulfide) groups is 1.